The van der Waals surface area contributed by atoms with Crippen molar-refractivity contribution in [3.05, 3.63) is 53.6 Å². The Hall–Kier alpha value is -2.38. The Bertz CT molecular complexity index is 951. The first-order chi connectivity index (χ1) is 12.5. The van der Waals surface area contributed by atoms with Crippen LogP contribution in [-0.2, 0) is 19.6 Å². The largest absolute Gasteiger partial charge is 0.326 e. The van der Waals surface area contributed by atoms with Crippen LogP contribution in [0.25, 0.3) is 0 Å². The molecule has 0 bridgehead atoms. The first kappa shape index (κ1) is 20.9. The minimum atomic E-state index is -4.06. The van der Waals surface area contributed by atoms with Crippen molar-refractivity contribution in [1.29, 1.82) is 0 Å². The summed E-state index contributed by atoms with van der Waals surface area (Å²) in [7, 11) is -4.06. The number of amides is 1. The number of sulfonamides is 1. The molecule has 0 saturated carbocycles. The maximum atomic E-state index is 13.3. The van der Waals surface area contributed by atoms with Gasteiger partial charge >= 0.3 is 0 Å². The highest BCUT2D eigenvalue weighted by Crippen LogP contribution is 2.29. The van der Waals surface area contributed by atoms with Gasteiger partial charge in [0.1, 0.15) is 6.04 Å². The number of benzene rings is 2. The van der Waals surface area contributed by atoms with E-state index in [4.69, 9.17) is 11.6 Å². The van der Waals surface area contributed by atoms with Crippen LogP contribution in [0.15, 0.2) is 47.4 Å². The third-order valence-corrected chi connectivity index (χ3v) is 6.10. The summed E-state index contributed by atoms with van der Waals surface area (Å²) in [5, 5.41) is 1.79. The number of aryl methyl sites for hydroxylation is 2. The second-order valence-electron chi connectivity index (χ2n) is 6.33. The molecule has 1 unspecified atom stereocenters. The summed E-state index contributed by atoms with van der Waals surface area (Å²) in [6.45, 7) is 6.49. The molecule has 0 radical (unpaired) electrons. The van der Waals surface area contributed by atoms with Gasteiger partial charge in [-0.15, -0.1) is 0 Å². The zero-order chi connectivity index (χ0) is 20.4. The van der Waals surface area contributed by atoms with Crippen LogP contribution in [0.3, 0.4) is 0 Å². The fraction of sp³-hybridized carbons (Fsp3) is 0.263. The number of nitrogens with zero attached hydrogens (tertiary/aromatic N) is 1. The number of anilines is 2. The van der Waals surface area contributed by atoms with Gasteiger partial charge in [-0.3, -0.25) is 13.9 Å². The first-order valence-corrected chi connectivity index (χ1v) is 10.0. The van der Waals surface area contributed by atoms with Crippen LogP contribution < -0.4 is 9.62 Å². The lowest BCUT2D eigenvalue weighted by molar-refractivity contribution is -0.114. The number of halogens is 1. The van der Waals surface area contributed by atoms with Gasteiger partial charge in [0.25, 0.3) is 10.0 Å². The van der Waals surface area contributed by atoms with Crippen LogP contribution in [0.5, 0.6) is 0 Å². The second-order valence-corrected chi connectivity index (χ2v) is 8.52. The monoisotopic (exact) mass is 408 g/mol. The molecule has 27 heavy (non-hydrogen) atoms. The predicted octanol–water partition coefficient (Wildman–Crippen LogP) is 3.61. The van der Waals surface area contributed by atoms with Gasteiger partial charge in [-0.05, 0) is 79.9 Å². The fourth-order valence-electron chi connectivity index (χ4n) is 2.77. The van der Waals surface area contributed by atoms with Crippen molar-refractivity contribution in [2.75, 3.05) is 9.62 Å². The van der Waals surface area contributed by atoms with E-state index in [1.807, 2.05) is 19.9 Å². The number of rotatable bonds is 6. The lowest BCUT2D eigenvalue weighted by atomic mass is 10.1. The first-order valence-electron chi connectivity index (χ1n) is 8.22. The number of carbonyl (C=O) groups excluding carboxylic acids is 2. The van der Waals surface area contributed by atoms with E-state index in [0.717, 1.165) is 15.4 Å². The molecule has 0 saturated heterocycles. The van der Waals surface area contributed by atoms with Crippen LogP contribution in [0, 0.1) is 13.8 Å². The summed E-state index contributed by atoms with van der Waals surface area (Å²) in [5.74, 6) is -0.260. The molecule has 2 aromatic carbocycles. The van der Waals surface area contributed by atoms with Crippen molar-refractivity contribution in [3.8, 4) is 0 Å². The fourth-order valence-corrected chi connectivity index (χ4v) is 4.53. The lowest BCUT2D eigenvalue weighted by Crippen LogP contribution is -2.42. The van der Waals surface area contributed by atoms with E-state index in [-0.39, 0.29) is 10.8 Å². The molecule has 1 amide bonds. The topological polar surface area (TPSA) is 83.6 Å². The van der Waals surface area contributed by atoms with Gasteiger partial charge in [-0.2, -0.15) is 0 Å². The van der Waals surface area contributed by atoms with E-state index >= 15 is 0 Å². The van der Waals surface area contributed by atoms with Gasteiger partial charge in [-0.25, -0.2) is 8.42 Å². The Balaban J connectivity index is 2.56. The highest BCUT2D eigenvalue weighted by Gasteiger charge is 2.33. The summed E-state index contributed by atoms with van der Waals surface area (Å²) >= 11 is 5.64. The number of hydrogen-bond donors (Lipinski definition) is 1. The quantitative estimate of drug-likeness (QED) is 0.740. The second kappa shape index (κ2) is 8.10. The molecule has 0 aromatic heterocycles. The van der Waals surface area contributed by atoms with Crippen molar-refractivity contribution in [3.63, 3.8) is 0 Å². The molecule has 0 spiro atoms. The Labute approximate surface area is 164 Å². The van der Waals surface area contributed by atoms with Crippen molar-refractivity contribution in [2.45, 2.75) is 38.6 Å². The van der Waals surface area contributed by atoms with E-state index in [1.165, 1.54) is 38.1 Å². The van der Waals surface area contributed by atoms with Gasteiger partial charge in [0.2, 0.25) is 11.1 Å². The molecule has 0 heterocycles. The van der Waals surface area contributed by atoms with Gasteiger partial charge in [0.15, 0.2) is 0 Å². The predicted molar refractivity (Wildman–Crippen MR) is 107 cm³/mol. The van der Waals surface area contributed by atoms with Gasteiger partial charge in [0.05, 0.1) is 10.6 Å². The zero-order valence-corrected chi connectivity index (χ0v) is 17.1. The normalized spacial score (nSPS) is 12.3. The van der Waals surface area contributed by atoms with E-state index in [2.05, 4.69) is 5.32 Å². The van der Waals surface area contributed by atoms with Gasteiger partial charge in [-0.1, -0.05) is 6.07 Å². The molecule has 0 fully saturated rings. The molecule has 0 aliphatic rings. The standard InChI is InChI=1S/C19H21ClN2O4S/c1-12-9-13(2)11-17(10-12)22(14(3)19(20)24)27(25,26)18-7-5-16(6-8-18)21-15(4)23/h5-11,14H,1-4H3,(H,21,23). The van der Waals surface area contributed by atoms with E-state index < -0.39 is 21.3 Å². The molecular weight excluding hydrogens is 388 g/mol. The SMILES string of the molecule is CC(=O)Nc1ccc(S(=O)(=O)N(c2cc(C)cc(C)c2)C(C)C(=O)Cl)cc1. The maximum absolute atomic E-state index is 13.3. The Morgan fingerprint density at radius 2 is 1.56 bits per heavy atom. The molecule has 2 rings (SSSR count). The third kappa shape index (κ3) is 4.87. The molecule has 0 aliphatic heterocycles. The van der Waals surface area contributed by atoms with Crippen molar-refractivity contribution < 1.29 is 18.0 Å². The molecule has 1 N–H and O–H groups in total. The molecule has 8 heteroatoms. The van der Waals surface area contributed by atoms with Crippen LogP contribution in [0.1, 0.15) is 25.0 Å². The number of nitrogens with one attached hydrogen (secondary N) is 1. The summed E-state index contributed by atoms with van der Waals surface area (Å²) in [6.07, 6.45) is 0. The molecule has 0 aliphatic carbocycles. The number of carbonyl (C=O) groups is 2. The Morgan fingerprint density at radius 1 is 1.04 bits per heavy atom. The molecule has 1 atom stereocenters. The Morgan fingerprint density at radius 3 is 2.00 bits per heavy atom. The van der Waals surface area contributed by atoms with Crippen LogP contribution in [0.2, 0.25) is 0 Å². The minimum absolute atomic E-state index is 0.0134. The zero-order valence-electron chi connectivity index (χ0n) is 15.5. The van der Waals surface area contributed by atoms with Crippen molar-refractivity contribution in [1.82, 2.24) is 0 Å². The maximum Gasteiger partial charge on any atom is 0.265 e. The van der Waals surface area contributed by atoms with Crippen molar-refractivity contribution >= 4 is 44.1 Å². The molecule has 144 valence electrons. The van der Waals surface area contributed by atoms with E-state index in [9.17, 15) is 18.0 Å². The highest BCUT2D eigenvalue weighted by molar-refractivity contribution is 7.93. The third-order valence-electron chi connectivity index (χ3n) is 3.87. The average Bonchev–Trinajstić information content (AvgIpc) is 2.53. The lowest BCUT2D eigenvalue weighted by Gasteiger charge is -2.29. The highest BCUT2D eigenvalue weighted by atomic mass is 35.5. The smallest absolute Gasteiger partial charge is 0.265 e. The molecule has 2 aromatic rings. The summed E-state index contributed by atoms with van der Waals surface area (Å²) in [4.78, 5) is 22.9. The number of hydrogen-bond acceptors (Lipinski definition) is 4. The van der Waals surface area contributed by atoms with Gasteiger partial charge in [0, 0.05) is 12.6 Å². The minimum Gasteiger partial charge on any atom is -0.326 e. The van der Waals surface area contributed by atoms with E-state index in [0.29, 0.717) is 11.4 Å². The van der Waals surface area contributed by atoms with Crippen molar-refractivity contribution in [2.24, 2.45) is 0 Å². The molecular formula is C19H21ClN2O4S. The summed E-state index contributed by atoms with van der Waals surface area (Å²) in [5.41, 5.74) is 2.56. The Kier molecular flexibility index (Phi) is 6.28. The van der Waals surface area contributed by atoms with Crippen LogP contribution in [0.4, 0.5) is 11.4 Å². The van der Waals surface area contributed by atoms with Crippen LogP contribution in [-0.4, -0.2) is 25.6 Å². The average molecular weight is 409 g/mol. The molecule has 6 nitrogen and oxygen atoms in total. The van der Waals surface area contributed by atoms with Crippen LogP contribution >= 0.6 is 11.6 Å². The summed E-state index contributed by atoms with van der Waals surface area (Å²) in [6, 6.07) is 9.92. The summed E-state index contributed by atoms with van der Waals surface area (Å²) < 4.78 is 27.5. The van der Waals surface area contributed by atoms with E-state index in [1.54, 1.807) is 12.1 Å². The van der Waals surface area contributed by atoms with Gasteiger partial charge < -0.3 is 5.32 Å².